The Morgan fingerprint density at radius 3 is 1.74 bits per heavy atom. The molecular weight excluding hydrogens is 509 g/mol. The second-order valence-electron chi connectivity index (χ2n) is 11.1. The summed E-state index contributed by atoms with van der Waals surface area (Å²) < 4.78 is 98.8. The lowest BCUT2D eigenvalue weighted by Crippen LogP contribution is -2.25. The first kappa shape index (κ1) is 28.8. The minimum absolute atomic E-state index is 0.00860. The lowest BCUT2D eigenvalue weighted by molar-refractivity contribution is -0.276. The zero-order valence-corrected chi connectivity index (χ0v) is 21.7. The molecule has 2 saturated carbocycles. The molecule has 0 aromatic heterocycles. The summed E-state index contributed by atoms with van der Waals surface area (Å²) in [6.07, 6.45) is 8.72. The molecule has 2 aliphatic rings. The lowest BCUT2D eigenvalue weighted by Gasteiger charge is -2.38. The standard InChI is InChI=1S/C30H35F7O/c1-2-3-4-5-18-6-8-19(9-7-18)20-10-12-21(13-11-20)22-14-24(31)28(25(32)15-22)23-16-26(33)29(27(34)17-23)38-30(35,36)37/h14-21H,2-13H2,1H3. The highest BCUT2D eigenvalue weighted by Gasteiger charge is 2.35. The van der Waals surface area contributed by atoms with Gasteiger partial charge in [0.25, 0.3) is 0 Å². The predicted molar refractivity (Wildman–Crippen MR) is 133 cm³/mol. The molecule has 0 amide bonds. The van der Waals surface area contributed by atoms with Crippen molar-refractivity contribution in [2.24, 2.45) is 17.8 Å². The Kier molecular flexibility index (Phi) is 9.30. The van der Waals surface area contributed by atoms with Crippen LogP contribution in [0.1, 0.15) is 95.5 Å². The van der Waals surface area contributed by atoms with Crippen LogP contribution in [0.25, 0.3) is 11.1 Å². The molecule has 0 atom stereocenters. The number of benzene rings is 2. The minimum Gasteiger partial charge on any atom is -0.399 e. The Hall–Kier alpha value is -2.25. The van der Waals surface area contributed by atoms with E-state index in [1.54, 1.807) is 0 Å². The average molecular weight is 545 g/mol. The lowest BCUT2D eigenvalue weighted by atomic mass is 9.68. The molecule has 0 bridgehead atoms. The van der Waals surface area contributed by atoms with Gasteiger partial charge in [0.1, 0.15) is 11.6 Å². The van der Waals surface area contributed by atoms with E-state index in [2.05, 4.69) is 11.7 Å². The van der Waals surface area contributed by atoms with Crippen LogP contribution in [0, 0.1) is 41.0 Å². The minimum atomic E-state index is -5.31. The second-order valence-corrected chi connectivity index (χ2v) is 11.1. The Labute approximate surface area is 219 Å². The molecule has 0 aliphatic heterocycles. The van der Waals surface area contributed by atoms with Crippen molar-refractivity contribution in [3.63, 3.8) is 0 Å². The molecule has 38 heavy (non-hydrogen) atoms. The van der Waals surface area contributed by atoms with Gasteiger partial charge in [0.05, 0.1) is 5.56 Å². The molecule has 210 valence electrons. The number of hydrogen-bond donors (Lipinski definition) is 0. The van der Waals surface area contributed by atoms with Gasteiger partial charge < -0.3 is 4.74 Å². The highest BCUT2D eigenvalue weighted by Crippen LogP contribution is 2.45. The number of ether oxygens (including phenoxy) is 1. The van der Waals surface area contributed by atoms with Gasteiger partial charge in [0.2, 0.25) is 5.75 Å². The summed E-state index contributed by atoms with van der Waals surface area (Å²) in [5.74, 6) is -4.87. The molecule has 2 aromatic rings. The third kappa shape index (κ3) is 7.03. The zero-order chi connectivity index (χ0) is 27.4. The molecular formula is C30H35F7O. The highest BCUT2D eigenvalue weighted by molar-refractivity contribution is 5.66. The van der Waals surface area contributed by atoms with Crippen LogP contribution >= 0.6 is 0 Å². The Bertz CT molecular complexity index is 1030. The third-order valence-corrected chi connectivity index (χ3v) is 8.59. The maximum absolute atomic E-state index is 15.0. The molecule has 1 nitrogen and oxygen atoms in total. The topological polar surface area (TPSA) is 9.23 Å². The van der Waals surface area contributed by atoms with Crippen molar-refractivity contribution in [3.8, 4) is 16.9 Å². The molecule has 0 N–H and O–H groups in total. The fourth-order valence-corrected chi connectivity index (χ4v) is 6.58. The van der Waals surface area contributed by atoms with E-state index in [0.29, 0.717) is 23.6 Å². The average Bonchev–Trinajstić information content (AvgIpc) is 2.86. The van der Waals surface area contributed by atoms with Gasteiger partial charge in [-0.1, -0.05) is 45.4 Å². The fraction of sp³-hybridized carbons (Fsp3) is 0.600. The number of alkyl halides is 3. The van der Waals surface area contributed by atoms with Crippen molar-refractivity contribution >= 4 is 0 Å². The number of rotatable bonds is 8. The van der Waals surface area contributed by atoms with Gasteiger partial charge in [-0.15, -0.1) is 13.2 Å². The number of halogens is 7. The summed E-state index contributed by atoms with van der Waals surface area (Å²) in [5.41, 5.74) is -0.723. The van der Waals surface area contributed by atoms with E-state index in [1.807, 2.05) is 0 Å². The van der Waals surface area contributed by atoms with Crippen LogP contribution in [0.3, 0.4) is 0 Å². The monoisotopic (exact) mass is 544 g/mol. The van der Waals surface area contributed by atoms with Gasteiger partial charge in [0, 0.05) is 0 Å². The van der Waals surface area contributed by atoms with Gasteiger partial charge >= 0.3 is 6.36 Å². The van der Waals surface area contributed by atoms with E-state index in [9.17, 15) is 22.0 Å². The van der Waals surface area contributed by atoms with Gasteiger partial charge in [-0.25, -0.2) is 17.6 Å². The summed E-state index contributed by atoms with van der Waals surface area (Å²) in [6, 6.07) is 3.24. The normalized spacial score (nSPS) is 24.4. The van der Waals surface area contributed by atoms with Crippen LogP contribution in [-0.4, -0.2) is 6.36 Å². The van der Waals surface area contributed by atoms with Gasteiger partial charge in [-0.3, -0.25) is 0 Å². The van der Waals surface area contributed by atoms with Gasteiger partial charge in [-0.05, 0) is 97.6 Å². The van der Waals surface area contributed by atoms with Crippen LogP contribution in [0.15, 0.2) is 24.3 Å². The zero-order valence-electron chi connectivity index (χ0n) is 21.7. The molecule has 4 rings (SSSR count). The SMILES string of the molecule is CCCCCC1CCC(C2CCC(c3cc(F)c(-c4cc(F)c(OC(F)(F)F)c(F)c4)c(F)c3)CC2)CC1. The van der Waals surface area contributed by atoms with E-state index in [0.717, 1.165) is 37.5 Å². The van der Waals surface area contributed by atoms with E-state index < -0.39 is 46.5 Å². The fourth-order valence-electron chi connectivity index (χ4n) is 6.58. The van der Waals surface area contributed by atoms with Gasteiger partial charge in [0.15, 0.2) is 11.6 Å². The molecule has 2 aromatic carbocycles. The van der Waals surface area contributed by atoms with E-state index >= 15 is 8.78 Å². The van der Waals surface area contributed by atoms with Crippen molar-refractivity contribution in [1.29, 1.82) is 0 Å². The Balaban J connectivity index is 1.39. The number of hydrogen-bond acceptors (Lipinski definition) is 1. The summed E-state index contributed by atoms with van der Waals surface area (Å²) in [4.78, 5) is 0. The Morgan fingerprint density at radius 1 is 0.711 bits per heavy atom. The smallest absolute Gasteiger partial charge is 0.399 e. The molecule has 8 heteroatoms. The maximum atomic E-state index is 15.0. The summed E-state index contributed by atoms with van der Waals surface area (Å²) in [5, 5.41) is 0. The van der Waals surface area contributed by atoms with E-state index in [-0.39, 0.29) is 5.92 Å². The van der Waals surface area contributed by atoms with Crippen LogP contribution in [-0.2, 0) is 0 Å². The first-order valence-electron chi connectivity index (χ1n) is 13.8. The maximum Gasteiger partial charge on any atom is 0.573 e. The van der Waals surface area contributed by atoms with Crippen LogP contribution in [0.5, 0.6) is 5.75 Å². The second kappa shape index (κ2) is 12.3. The molecule has 0 spiro atoms. The third-order valence-electron chi connectivity index (χ3n) is 8.59. The van der Waals surface area contributed by atoms with Crippen molar-refractivity contribution in [2.75, 3.05) is 0 Å². The van der Waals surface area contributed by atoms with Gasteiger partial charge in [-0.2, -0.15) is 0 Å². The highest BCUT2D eigenvalue weighted by atomic mass is 19.4. The van der Waals surface area contributed by atoms with Crippen LogP contribution < -0.4 is 4.74 Å². The Morgan fingerprint density at radius 2 is 1.24 bits per heavy atom. The van der Waals surface area contributed by atoms with E-state index in [4.69, 9.17) is 0 Å². The predicted octanol–water partition coefficient (Wildman–Crippen LogP) is 10.5. The summed E-state index contributed by atoms with van der Waals surface area (Å²) >= 11 is 0. The van der Waals surface area contributed by atoms with Crippen LogP contribution in [0.2, 0.25) is 0 Å². The largest absolute Gasteiger partial charge is 0.573 e. The summed E-state index contributed by atoms with van der Waals surface area (Å²) in [6.45, 7) is 2.23. The molecule has 2 aliphatic carbocycles. The number of unbranched alkanes of at least 4 members (excludes halogenated alkanes) is 2. The quantitative estimate of drug-likeness (QED) is 0.237. The molecule has 2 fully saturated rings. The first-order valence-corrected chi connectivity index (χ1v) is 13.8. The molecule has 0 saturated heterocycles. The van der Waals surface area contributed by atoms with Crippen LogP contribution in [0.4, 0.5) is 30.7 Å². The van der Waals surface area contributed by atoms with Crippen molar-refractivity contribution in [1.82, 2.24) is 0 Å². The molecule has 0 unspecified atom stereocenters. The first-order chi connectivity index (χ1) is 18.1. The van der Waals surface area contributed by atoms with E-state index in [1.165, 1.54) is 63.5 Å². The molecule has 0 heterocycles. The summed E-state index contributed by atoms with van der Waals surface area (Å²) in [7, 11) is 0. The van der Waals surface area contributed by atoms with Crippen molar-refractivity contribution in [2.45, 2.75) is 96.3 Å². The van der Waals surface area contributed by atoms with Crippen molar-refractivity contribution < 1.29 is 35.5 Å². The molecule has 0 radical (unpaired) electrons. The van der Waals surface area contributed by atoms with Crippen molar-refractivity contribution in [3.05, 3.63) is 53.1 Å².